The molecule has 0 aliphatic carbocycles. The fourth-order valence-electron chi connectivity index (χ4n) is 1.47. The highest BCUT2D eigenvalue weighted by Crippen LogP contribution is 2.15. The zero-order valence-corrected chi connectivity index (χ0v) is 12.2. The molecule has 20 heavy (non-hydrogen) atoms. The first-order valence-electron chi connectivity index (χ1n) is 6.18. The monoisotopic (exact) mass is 290 g/mol. The van der Waals surface area contributed by atoms with Gasteiger partial charge in [0.25, 0.3) is 0 Å². The standard InChI is InChI=1S/C13H22O7/c1-8(2)13(12(6-15)20-10(4)17)18-7-11(5-14)19-9(3)16/h11-12,14-15H,5-7H2,1-4H3. The smallest absolute Gasteiger partial charge is 0.303 e. The van der Waals surface area contributed by atoms with Gasteiger partial charge in [-0.05, 0) is 19.4 Å². The summed E-state index contributed by atoms with van der Waals surface area (Å²) in [5, 5.41) is 18.3. The second-order valence-electron chi connectivity index (χ2n) is 4.37. The maximum atomic E-state index is 11.0. The van der Waals surface area contributed by atoms with E-state index in [1.165, 1.54) is 13.8 Å². The van der Waals surface area contributed by atoms with Crippen molar-refractivity contribution in [1.29, 1.82) is 0 Å². The fraction of sp³-hybridized carbons (Fsp3) is 0.692. The van der Waals surface area contributed by atoms with E-state index in [1.807, 2.05) is 0 Å². The molecule has 0 aromatic carbocycles. The first-order valence-corrected chi connectivity index (χ1v) is 6.18. The van der Waals surface area contributed by atoms with Crippen LogP contribution in [0.2, 0.25) is 0 Å². The Balaban J connectivity index is 4.74. The van der Waals surface area contributed by atoms with E-state index in [4.69, 9.17) is 19.3 Å². The maximum Gasteiger partial charge on any atom is 0.303 e. The van der Waals surface area contributed by atoms with Crippen LogP contribution in [0.1, 0.15) is 27.7 Å². The van der Waals surface area contributed by atoms with Crippen molar-refractivity contribution in [2.24, 2.45) is 0 Å². The Labute approximate surface area is 118 Å². The SMILES string of the molecule is CC(=O)OC(CO)COC(=C(C)C)C(CO)OC(C)=O. The van der Waals surface area contributed by atoms with Crippen molar-refractivity contribution in [3.63, 3.8) is 0 Å². The van der Waals surface area contributed by atoms with E-state index in [0.717, 1.165) is 0 Å². The van der Waals surface area contributed by atoms with Crippen molar-refractivity contribution in [2.75, 3.05) is 19.8 Å². The third-order valence-corrected chi connectivity index (χ3v) is 2.22. The Morgan fingerprint density at radius 1 is 0.950 bits per heavy atom. The lowest BCUT2D eigenvalue weighted by Crippen LogP contribution is -2.30. The van der Waals surface area contributed by atoms with Gasteiger partial charge < -0.3 is 24.4 Å². The van der Waals surface area contributed by atoms with Crippen LogP contribution < -0.4 is 0 Å². The Hall–Kier alpha value is -1.60. The van der Waals surface area contributed by atoms with Gasteiger partial charge in [0.05, 0.1) is 13.2 Å². The Kier molecular flexibility index (Phi) is 8.58. The zero-order valence-electron chi connectivity index (χ0n) is 12.2. The second-order valence-corrected chi connectivity index (χ2v) is 4.37. The minimum atomic E-state index is -0.922. The van der Waals surface area contributed by atoms with Gasteiger partial charge in [-0.1, -0.05) is 0 Å². The first kappa shape index (κ1) is 18.4. The number of hydrogen-bond donors (Lipinski definition) is 2. The van der Waals surface area contributed by atoms with Crippen molar-refractivity contribution in [3.8, 4) is 0 Å². The number of ether oxygens (including phenoxy) is 3. The molecule has 0 rings (SSSR count). The highest BCUT2D eigenvalue weighted by atomic mass is 16.6. The second kappa shape index (κ2) is 9.33. The molecule has 0 amide bonds. The van der Waals surface area contributed by atoms with E-state index in [0.29, 0.717) is 5.57 Å². The van der Waals surface area contributed by atoms with Gasteiger partial charge >= 0.3 is 11.9 Å². The van der Waals surface area contributed by atoms with Crippen LogP contribution in [0, 0.1) is 0 Å². The predicted octanol–water partition coefficient (Wildman–Crippen LogP) is 0.145. The fourth-order valence-corrected chi connectivity index (χ4v) is 1.47. The molecule has 0 aromatic rings. The number of esters is 2. The molecule has 2 N–H and O–H groups in total. The van der Waals surface area contributed by atoms with Crippen LogP contribution in [0.3, 0.4) is 0 Å². The third-order valence-electron chi connectivity index (χ3n) is 2.22. The van der Waals surface area contributed by atoms with Crippen molar-refractivity contribution in [1.82, 2.24) is 0 Å². The molecular formula is C13H22O7. The number of allylic oxidation sites excluding steroid dienone is 1. The molecule has 0 heterocycles. The highest BCUT2D eigenvalue weighted by Gasteiger charge is 2.22. The molecule has 0 spiro atoms. The minimum Gasteiger partial charge on any atom is -0.490 e. The summed E-state index contributed by atoms with van der Waals surface area (Å²) in [6.45, 7) is 4.96. The summed E-state index contributed by atoms with van der Waals surface area (Å²) in [7, 11) is 0. The van der Waals surface area contributed by atoms with Crippen LogP contribution >= 0.6 is 0 Å². The van der Waals surface area contributed by atoms with E-state index in [2.05, 4.69) is 0 Å². The number of aliphatic hydroxyl groups excluding tert-OH is 2. The van der Waals surface area contributed by atoms with Gasteiger partial charge in [0.2, 0.25) is 0 Å². The molecule has 0 saturated heterocycles. The number of aliphatic hydroxyl groups is 2. The summed E-state index contributed by atoms with van der Waals surface area (Å²) >= 11 is 0. The molecule has 2 atom stereocenters. The zero-order chi connectivity index (χ0) is 15.7. The highest BCUT2D eigenvalue weighted by molar-refractivity contribution is 5.66. The van der Waals surface area contributed by atoms with Crippen molar-refractivity contribution in [3.05, 3.63) is 11.3 Å². The molecule has 2 unspecified atom stereocenters. The molecule has 0 fully saturated rings. The lowest BCUT2D eigenvalue weighted by Gasteiger charge is -2.23. The van der Waals surface area contributed by atoms with Crippen LogP contribution in [0.25, 0.3) is 0 Å². The summed E-state index contributed by atoms with van der Waals surface area (Å²) in [4.78, 5) is 21.8. The molecule has 7 heteroatoms. The lowest BCUT2D eigenvalue weighted by atomic mass is 10.2. The number of rotatable bonds is 8. The predicted molar refractivity (Wildman–Crippen MR) is 69.6 cm³/mol. The summed E-state index contributed by atoms with van der Waals surface area (Å²) < 4.78 is 15.2. The van der Waals surface area contributed by atoms with Gasteiger partial charge in [-0.15, -0.1) is 0 Å². The van der Waals surface area contributed by atoms with E-state index in [-0.39, 0.29) is 12.4 Å². The van der Waals surface area contributed by atoms with Gasteiger partial charge in [0.1, 0.15) is 12.4 Å². The van der Waals surface area contributed by atoms with Crippen molar-refractivity contribution >= 4 is 11.9 Å². The van der Waals surface area contributed by atoms with Crippen molar-refractivity contribution in [2.45, 2.75) is 39.9 Å². The summed E-state index contributed by atoms with van der Waals surface area (Å²) in [5.74, 6) is -0.816. The van der Waals surface area contributed by atoms with Gasteiger partial charge in [-0.25, -0.2) is 0 Å². The number of carbonyl (C=O) groups excluding carboxylic acids is 2. The number of carbonyl (C=O) groups is 2. The number of hydrogen-bond acceptors (Lipinski definition) is 7. The molecule has 7 nitrogen and oxygen atoms in total. The van der Waals surface area contributed by atoms with E-state index in [9.17, 15) is 14.7 Å². The normalized spacial score (nSPS) is 13.1. The Morgan fingerprint density at radius 2 is 1.50 bits per heavy atom. The summed E-state index contributed by atoms with van der Waals surface area (Å²) in [5.41, 5.74) is 0.699. The lowest BCUT2D eigenvalue weighted by molar-refractivity contribution is -0.153. The third kappa shape index (κ3) is 7.10. The van der Waals surface area contributed by atoms with Crippen LogP contribution in [-0.2, 0) is 23.8 Å². The van der Waals surface area contributed by atoms with Gasteiger partial charge in [0.15, 0.2) is 12.2 Å². The molecule has 0 bridgehead atoms. The molecule has 0 radical (unpaired) electrons. The van der Waals surface area contributed by atoms with Gasteiger partial charge in [0, 0.05) is 13.8 Å². The van der Waals surface area contributed by atoms with Gasteiger partial charge in [-0.2, -0.15) is 0 Å². The van der Waals surface area contributed by atoms with Gasteiger partial charge in [-0.3, -0.25) is 9.59 Å². The maximum absolute atomic E-state index is 11.0. The van der Waals surface area contributed by atoms with Crippen LogP contribution in [0.4, 0.5) is 0 Å². The summed E-state index contributed by atoms with van der Waals surface area (Å²) in [6.07, 6.45) is -1.74. The largest absolute Gasteiger partial charge is 0.490 e. The first-order chi connectivity index (χ1) is 9.31. The molecule has 0 aliphatic heterocycles. The molecule has 0 aliphatic rings. The Bertz CT molecular complexity index is 358. The van der Waals surface area contributed by atoms with Crippen LogP contribution in [0.5, 0.6) is 0 Å². The molecule has 0 aromatic heterocycles. The van der Waals surface area contributed by atoms with E-state index >= 15 is 0 Å². The van der Waals surface area contributed by atoms with E-state index in [1.54, 1.807) is 13.8 Å². The topological polar surface area (TPSA) is 102 Å². The quantitative estimate of drug-likeness (QED) is 0.484. The van der Waals surface area contributed by atoms with Crippen LogP contribution in [0.15, 0.2) is 11.3 Å². The minimum absolute atomic E-state index is 0.103. The van der Waals surface area contributed by atoms with Crippen molar-refractivity contribution < 1.29 is 34.0 Å². The summed E-state index contributed by atoms with van der Waals surface area (Å²) in [6, 6.07) is 0. The molecular weight excluding hydrogens is 268 g/mol. The molecule has 0 saturated carbocycles. The van der Waals surface area contributed by atoms with Crippen LogP contribution in [-0.4, -0.2) is 54.2 Å². The average molecular weight is 290 g/mol. The van der Waals surface area contributed by atoms with E-state index < -0.39 is 37.4 Å². The molecule has 116 valence electrons. The average Bonchev–Trinajstić information content (AvgIpc) is 2.34. The Morgan fingerprint density at radius 3 is 1.85 bits per heavy atom.